The van der Waals surface area contributed by atoms with Gasteiger partial charge in [0.25, 0.3) is 0 Å². The highest BCUT2D eigenvalue weighted by Crippen LogP contribution is 2.30. The summed E-state index contributed by atoms with van der Waals surface area (Å²) in [6.07, 6.45) is 6.68. The van der Waals surface area contributed by atoms with Crippen LogP contribution >= 0.6 is 0 Å². The maximum Gasteiger partial charge on any atom is 0.243 e. The summed E-state index contributed by atoms with van der Waals surface area (Å²) < 4.78 is 1.93. The monoisotopic (exact) mass is 309 g/mol. The van der Waals surface area contributed by atoms with E-state index in [0.717, 1.165) is 42.5 Å². The van der Waals surface area contributed by atoms with E-state index < -0.39 is 0 Å². The maximum atomic E-state index is 12.9. The molecule has 0 bridgehead atoms. The van der Waals surface area contributed by atoms with E-state index in [1.807, 2.05) is 39.8 Å². The van der Waals surface area contributed by atoms with Crippen molar-refractivity contribution in [3.63, 3.8) is 0 Å². The van der Waals surface area contributed by atoms with Crippen molar-refractivity contribution >= 4 is 16.9 Å². The smallest absolute Gasteiger partial charge is 0.243 e. The Morgan fingerprint density at radius 2 is 2.17 bits per heavy atom. The van der Waals surface area contributed by atoms with Crippen molar-refractivity contribution in [1.29, 1.82) is 0 Å². The Labute approximate surface area is 134 Å². The number of amides is 1. The molecule has 1 atom stereocenters. The minimum Gasteiger partial charge on any atom is -0.333 e. The Hall–Kier alpha value is -2.63. The van der Waals surface area contributed by atoms with Crippen molar-refractivity contribution in [2.24, 2.45) is 0 Å². The number of likely N-dealkylation sites (tertiary alicyclic amines) is 1. The molecule has 1 aliphatic rings. The standard InChI is InChI=1S/C17H19N5O/c23-17(11-21-12-18-13-5-1-2-6-15(13)21)22-10-4-3-7-16(22)14-8-9-19-20-14/h1-2,5-6,8-9,12,16H,3-4,7,10-11H2,(H,19,20). The molecule has 6 nitrogen and oxygen atoms in total. The number of H-pyrrole nitrogens is 1. The molecule has 2 aromatic heterocycles. The number of fused-ring (bicyclic) bond motifs is 1. The van der Waals surface area contributed by atoms with Crippen LogP contribution in [0.5, 0.6) is 0 Å². The molecule has 1 fully saturated rings. The molecule has 0 radical (unpaired) electrons. The van der Waals surface area contributed by atoms with Crippen molar-refractivity contribution in [2.45, 2.75) is 31.8 Å². The summed E-state index contributed by atoms with van der Waals surface area (Å²) in [6.45, 7) is 1.13. The molecule has 0 aliphatic carbocycles. The highest BCUT2D eigenvalue weighted by Gasteiger charge is 2.29. The van der Waals surface area contributed by atoms with Gasteiger partial charge in [-0.3, -0.25) is 9.89 Å². The largest absolute Gasteiger partial charge is 0.333 e. The van der Waals surface area contributed by atoms with E-state index in [1.54, 1.807) is 12.5 Å². The predicted octanol–water partition coefficient (Wildman–Crippen LogP) is 2.51. The first kappa shape index (κ1) is 14.0. The van der Waals surface area contributed by atoms with E-state index in [1.165, 1.54) is 0 Å². The number of carbonyl (C=O) groups is 1. The summed E-state index contributed by atoms with van der Waals surface area (Å²) in [7, 11) is 0. The molecule has 1 unspecified atom stereocenters. The Kier molecular flexibility index (Phi) is 3.57. The topological polar surface area (TPSA) is 66.8 Å². The highest BCUT2D eigenvalue weighted by molar-refractivity contribution is 5.80. The van der Waals surface area contributed by atoms with E-state index in [4.69, 9.17) is 0 Å². The van der Waals surface area contributed by atoms with Crippen LogP contribution in [-0.4, -0.2) is 37.1 Å². The van der Waals surface area contributed by atoms with Gasteiger partial charge in [-0.05, 0) is 37.5 Å². The van der Waals surface area contributed by atoms with Crippen molar-refractivity contribution in [3.05, 3.63) is 48.5 Å². The van der Waals surface area contributed by atoms with Gasteiger partial charge in [-0.25, -0.2) is 4.98 Å². The minimum absolute atomic E-state index is 0.105. The lowest BCUT2D eigenvalue weighted by Gasteiger charge is -2.35. The Balaban J connectivity index is 1.57. The third-order valence-electron chi connectivity index (χ3n) is 4.54. The zero-order chi connectivity index (χ0) is 15.6. The fourth-order valence-electron chi connectivity index (χ4n) is 3.38. The number of aromatic nitrogens is 4. The van der Waals surface area contributed by atoms with Gasteiger partial charge in [0.1, 0.15) is 6.54 Å². The van der Waals surface area contributed by atoms with Crippen LogP contribution in [0.15, 0.2) is 42.9 Å². The first-order chi connectivity index (χ1) is 11.3. The number of hydrogen-bond acceptors (Lipinski definition) is 3. The second-order valence-corrected chi connectivity index (χ2v) is 5.97. The summed E-state index contributed by atoms with van der Waals surface area (Å²) >= 11 is 0. The van der Waals surface area contributed by atoms with Gasteiger partial charge in [0.2, 0.25) is 5.91 Å². The SMILES string of the molecule is O=C(Cn1cnc2ccccc21)N1CCCCC1c1ccn[nH]1. The number of carbonyl (C=O) groups excluding carboxylic acids is 1. The zero-order valence-corrected chi connectivity index (χ0v) is 12.9. The molecular weight excluding hydrogens is 290 g/mol. The number of hydrogen-bond donors (Lipinski definition) is 1. The number of nitrogens with one attached hydrogen (secondary N) is 1. The van der Waals surface area contributed by atoms with Gasteiger partial charge in [0.15, 0.2) is 0 Å². The van der Waals surface area contributed by atoms with Gasteiger partial charge >= 0.3 is 0 Å². The normalized spacial score (nSPS) is 18.4. The molecule has 0 saturated carbocycles. The third kappa shape index (κ3) is 2.60. The van der Waals surface area contributed by atoms with Gasteiger partial charge in [-0.15, -0.1) is 0 Å². The van der Waals surface area contributed by atoms with Gasteiger partial charge in [0, 0.05) is 12.7 Å². The van der Waals surface area contributed by atoms with Crippen molar-refractivity contribution < 1.29 is 4.79 Å². The number of piperidine rings is 1. The van der Waals surface area contributed by atoms with E-state index in [9.17, 15) is 4.79 Å². The summed E-state index contributed by atoms with van der Waals surface area (Å²) in [5.74, 6) is 0.132. The average Bonchev–Trinajstić information content (AvgIpc) is 3.25. The number of imidazole rings is 1. The second kappa shape index (κ2) is 5.87. The lowest BCUT2D eigenvalue weighted by molar-refractivity contribution is -0.135. The Morgan fingerprint density at radius 1 is 1.26 bits per heavy atom. The molecule has 1 amide bonds. The molecule has 6 heteroatoms. The Morgan fingerprint density at radius 3 is 3.04 bits per heavy atom. The van der Waals surface area contributed by atoms with Crippen LogP contribution in [0.25, 0.3) is 11.0 Å². The van der Waals surface area contributed by atoms with Crippen LogP contribution < -0.4 is 0 Å². The van der Waals surface area contributed by atoms with Crippen LogP contribution in [0.1, 0.15) is 31.0 Å². The molecule has 118 valence electrons. The van der Waals surface area contributed by atoms with Crippen LogP contribution in [0.2, 0.25) is 0 Å². The third-order valence-corrected chi connectivity index (χ3v) is 4.54. The van der Waals surface area contributed by atoms with Gasteiger partial charge in [-0.1, -0.05) is 12.1 Å². The quantitative estimate of drug-likeness (QED) is 0.808. The molecule has 4 rings (SSSR count). The maximum absolute atomic E-state index is 12.9. The lowest BCUT2D eigenvalue weighted by Crippen LogP contribution is -2.40. The molecule has 1 saturated heterocycles. The van der Waals surface area contributed by atoms with E-state index in [0.29, 0.717) is 6.54 Å². The van der Waals surface area contributed by atoms with Crippen LogP contribution in [0.3, 0.4) is 0 Å². The summed E-state index contributed by atoms with van der Waals surface area (Å²) in [4.78, 5) is 19.2. The van der Waals surface area contributed by atoms with Crippen LogP contribution in [0.4, 0.5) is 0 Å². The minimum atomic E-state index is 0.105. The lowest BCUT2D eigenvalue weighted by atomic mass is 9.99. The molecule has 23 heavy (non-hydrogen) atoms. The van der Waals surface area contributed by atoms with Gasteiger partial charge in [0.05, 0.1) is 29.1 Å². The van der Waals surface area contributed by atoms with Crippen molar-refractivity contribution in [1.82, 2.24) is 24.6 Å². The first-order valence-electron chi connectivity index (χ1n) is 8.01. The van der Waals surface area contributed by atoms with E-state index >= 15 is 0 Å². The van der Waals surface area contributed by atoms with Crippen molar-refractivity contribution in [2.75, 3.05) is 6.54 Å². The number of nitrogens with zero attached hydrogens (tertiary/aromatic N) is 4. The van der Waals surface area contributed by atoms with Gasteiger partial charge in [-0.2, -0.15) is 5.10 Å². The summed E-state index contributed by atoms with van der Waals surface area (Å²) in [5, 5.41) is 7.05. The average molecular weight is 309 g/mol. The number of para-hydroxylation sites is 2. The van der Waals surface area contributed by atoms with Gasteiger partial charge < -0.3 is 9.47 Å². The molecule has 3 heterocycles. The second-order valence-electron chi connectivity index (χ2n) is 5.97. The first-order valence-corrected chi connectivity index (χ1v) is 8.01. The fraction of sp³-hybridized carbons (Fsp3) is 0.353. The Bertz CT molecular complexity index is 807. The molecular formula is C17H19N5O. The number of rotatable bonds is 3. The molecule has 1 N–H and O–H groups in total. The number of aromatic amines is 1. The van der Waals surface area contributed by atoms with Crippen molar-refractivity contribution in [3.8, 4) is 0 Å². The number of benzene rings is 1. The van der Waals surface area contributed by atoms with Crippen LogP contribution in [0, 0.1) is 0 Å². The fourth-order valence-corrected chi connectivity index (χ4v) is 3.38. The zero-order valence-electron chi connectivity index (χ0n) is 12.9. The van der Waals surface area contributed by atoms with E-state index in [-0.39, 0.29) is 11.9 Å². The summed E-state index contributed by atoms with van der Waals surface area (Å²) in [5.41, 5.74) is 2.94. The molecule has 3 aromatic rings. The van der Waals surface area contributed by atoms with Crippen LogP contribution in [-0.2, 0) is 11.3 Å². The van der Waals surface area contributed by atoms with E-state index in [2.05, 4.69) is 15.2 Å². The molecule has 0 spiro atoms. The summed E-state index contributed by atoms with van der Waals surface area (Å²) in [6, 6.07) is 9.96. The molecule has 1 aromatic carbocycles. The highest BCUT2D eigenvalue weighted by atomic mass is 16.2. The predicted molar refractivity (Wildman–Crippen MR) is 86.6 cm³/mol. The molecule has 1 aliphatic heterocycles.